The number of aryl methyl sites for hydroxylation is 4. The molecule has 0 spiro atoms. The zero-order valence-corrected chi connectivity index (χ0v) is 13.0. The molecule has 0 fully saturated rings. The van der Waals surface area contributed by atoms with Crippen molar-refractivity contribution < 1.29 is 0 Å². The molecule has 1 heteroatoms. The Morgan fingerprint density at radius 2 is 1.60 bits per heavy atom. The van der Waals surface area contributed by atoms with Gasteiger partial charge in [-0.25, -0.2) is 0 Å². The van der Waals surface area contributed by atoms with Crippen LogP contribution in [-0.2, 0) is 12.8 Å². The third-order valence-corrected chi connectivity index (χ3v) is 4.12. The zero-order valence-electron chi connectivity index (χ0n) is 13.0. The second kappa shape index (κ2) is 6.23. The van der Waals surface area contributed by atoms with Crippen LogP contribution in [0.4, 0.5) is 0 Å². The van der Waals surface area contributed by atoms with E-state index >= 15 is 0 Å². The van der Waals surface area contributed by atoms with Crippen LogP contribution in [0, 0.1) is 13.8 Å². The van der Waals surface area contributed by atoms with E-state index in [9.17, 15) is 0 Å². The molecule has 0 saturated carbocycles. The van der Waals surface area contributed by atoms with E-state index in [0.29, 0.717) is 0 Å². The van der Waals surface area contributed by atoms with E-state index in [0.717, 1.165) is 12.8 Å². The SMILES string of the molecule is CCc1ccc(C(N)c2cc(C)ccc2C)cc1CC. The Bertz CT molecular complexity index is 599. The average molecular weight is 267 g/mol. The molecule has 0 aliphatic heterocycles. The van der Waals surface area contributed by atoms with Gasteiger partial charge in [-0.3, -0.25) is 0 Å². The van der Waals surface area contributed by atoms with Crippen molar-refractivity contribution in [2.45, 2.75) is 46.6 Å². The van der Waals surface area contributed by atoms with Gasteiger partial charge >= 0.3 is 0 Å². The molecule has 0 radical (unpaired) electrons. The molecule has 20 heavy (non-hydrogen) atoms. The van der Waals surface area contributed by atoms with Crippen LogP contribution in [0.1, 0.15) is 53.3 Å². The monoisotopic (exact) mass is 267 g/mol. The average Bonchev–Trinajstić information content (AvgIpc) is 2.48. The largest absolute Gasteiger partial charge is 0.320 e. The highest BCUT2D eigenvalue weighted by Crippen LogP contribution is 2.26. The van der Waals surface area contributed by atoms with E-state index < -0.39 is 0 Å². The molecule has 0 aliphatic carbocycles. The standard InChI is InChI=1S/C19H25N/c1-5-15-9-10-17(12-16(15)6-2)19(20)18-11-13(3)7-8-14(18)4/h7-12,19H,5-6,20H2,1-4H3. The first-order valence-electron chi connectivity index (χ1n) is 7.51. The van der Waals surface area contributed by atoms with E-state index in [1.165, 1.54) is 33.4 Å². The second-order valence-electron chi connectivity index (χ2n) is 5.57. The van der Waals surface area contributed by atoms with Crippen LogP contribution in [-0.4, -0.2) is 0 Å². The molecule has 0 aliphatic rings. The van der Waals surface area contributed by atoms with E-state index in [4.69, 9.17) is 5.73 Å². The summed E-state index contributed by atoms with van der Waals surface area (Å²) < 4.78 is 0. The van der Waals surface area contributed by atoms with Gasteiger partial charge in [0.15, 0.2) is 0 Å². The molecule has 1 atom stereocenters. The first kappa shape index (κ1) is 14.8. The fraction of sp³-hybridized carbons (Fsp3) is 0.368. The van der Waals surface area contributed by atoms with Crippen molar-refractivity contribution in [3.8, 4) is 0 Å². The van der Waals surface area contributed by atoms with Gasteiger partial charge in [0.1, 0.15) is 0 Å². The van der Waals surface area contributed by atoms with Crippen molar-refractivity contribution in [3.63, 3.8) is 0 Å². The lowest BCUT2D eigenvalue weighted by Crippen LogP contribution is -2.14. The molecule has 2 aromatic carbocycles. The first-order valence-corrected chi connectivity index (χ1v) is 7.51. The highest BCUT2D eigenvalue weighted by atomic mass is 14.6. The summed E-state index contributed by atoms with van der Waals surface area (Å²) >= 11 is 0. The Kier molecular flexibility index (Phi) is 4.61. The van der Waals surface area contributed by atoms with Crippen molar-refractivity contribution in [2.24, 2.45) is 5.73 Å². The van der Waals surface area contributed by atoms with E-state index in [1.807, 2.05) is 0 Å². The molecule has 1 unspecified atom stereocenters. The minimum atomic E-state index is -0.0360. The van der Waals surface area contributed by atoms with Crippen molar-refractivity contribution in [3.05, 3.63) is 69.8 Å². The molecule has 0 amide bonds. The third kappa shape index (κ3) is 2.94. The zero-order chi connectivity index (χ0) is 14.7. The highest BCUT2D eigenvalue weighted by molar-refractivity contribution is 5.41. The Balaban J connectivity index is 2.42. The fourth-order valence-corrected chi connectivity index (χ4v) is 2.79. The van der Waals surface area contributed by atoms with Gasteiger partial charge in [-0.2, -0.15) is 0 Å². The third-order valence-electron chi connectivity index (χ3n) is 4.12. The second-order valence-corrected chi connectivity index (χ2v) is 5.57. The first-order chi connectivity index (χ1) is 9.56. The molecule has 0 saturated heterocycles. The Morgan fingerprint density at radius 1 is 0.900 bits per heavy atom. The molecule has 0 aromatic heterocycles. The molecule has 2 N–H and O–H groups in total. The molecule has 0 heterocycles. The molecule has 106 valence electrons. The summed E-state index contributed by atoms with van der Waals surface area (Å²) in [5.41, 5.74) is 14.3. The van der Waals surface area contributed by atoms with Crippen LogP contribution in [0.2, 0.25) is 0 Å². The quantitative estimate of drug-likeness (QED) is 0.868. The number of benzene rings is 2. The van der Waals surface area contributed by atoms with Gasteiger partial charge in [-0.05, 0) is 54.5 Å². The summed E-state index contributed by atoms with van der Waals surface area (Å²) in [7, 11) is 0. The predicted molar refractivity (Wildman–Crippen MR) is 87.1 cm³/mol. The van der Waals surface area contributed by atoms with Gasteiger partial charge < -0.3 is 5.73 Å². The summed E-state index contributed by atoms with van der Waals surface area (Å²) in [4.78, 5) is 0. The smallest absolute Gasteiger partial charge is 0.0554 e. The molecule has 2 aromatic rings. The molecule has 0 bridgehead atoms. The molecular formula is C19H25N. The van der Waals surface area contributed by atoms with Crippen LogP contribution in [0.5, 0.6) is 0 Å². The summed E-state index contributed by atoms with van der Waals surface area (Å²) in [6.45, 7) is 8.67. The summed E-state index contributed by atoms with van der Waals surface area (Å²) in [6, 6.07) is 13.2. The van der Waals surface area contributed by atoms with E-state index in [-0.39, 0.29) is 6.04 Å². The van der Waals surface area contributed by atoms with Gasteiger partial charge in [0.05, 0.1) is 6.04 Å². The van der Waals surface area contributed by atoms with Crippen molar-refractivity contribution >= 4 is 0 Å². The Morgan fingerprint density at radius 3 is 2.25 bits per heavy atom. The van der Waals surface area contributed by atoms with E-state index in [1.54, 1.807) is 0 Å². The van der Waals surface area contributed by atoms with Crippen LogP contribution < -0.4 is 5.73 Å². The topological polar surface area (TPSA) is 26.0 Å². The minimum Gasteiger partial charge on any atom is -0.320 e. The van der Waals surface area contributed by atoms with Crippen LogP contribution >= 0.6 is 0 Å². The Hall–Kier alpha value is -1.60. The van der Waals surface area contributed by atoms with Gasteiger partial charge in [-0.1, -0.05) is 55.8 Å². The van der Waals surface area contributed by atoms with Gasteiger partial charge in [0, 0.05) is 0 Å². The number of hydrogen-bond acceptors (Lipinski definition) is 1. The van der Waals surface area contributed by atoms with Crippen molar-refractivity contribution in [1.29, 1.82) is 0 Å². The number of hydrogen-bond donors (Lipinski definition) is 1. The highest BCUT2D eigenvalue weighted by Gasteiger charge is 2.13. The maximum Gasteiger partial charge on any atom is 0.0554 e. The summed E-state index contributed by atoms with van der Waals surface area (Å²) in [6.07, 6.45) is 2.15. The predicted octanol–water partition coefficient (Wildman–Crippen LogP) is 4.48. The van der Waals surface area contributed by atoms with Crippen LogP contribution in [0.25, 0.3) is 0 Å². The number of nitrogens with two attached hydrogens (primary N) is 1. The minimum absolute atomic E-state index is 0.0360. The summed E-state index contributed by atoms with van der Waals surface area (Å²) in [5, 5.41) is 0. The van der Waals surface area contributed by atoms with Crippen LogP contribution in [0.3, 0.4) is 0 Å². The maximum atomic E-state index is 6.50. The lowest BCUT2D eigenvalue weighted by atomic mass is 9.91. The van der Waals surface area contributed by atoms with Crippen LogP contribution in [0.15, 0.2) is 36.4 Å². The van der Waals surface area contributed by atoms with Gasteiger partial charge in [0.2, 0.25) is 0 Å². The Labute approximate surface area is 122 Å². The lowest BCUT2D eigenvalue weighted by Gasteiger charge is -2.18. The molecule has 1 nitrogen and oxygen atoms in total. The summed E-state index contributed by atoms with van der Waals surface area (Å²) in [5.74, 6) is 0. The maximum absolute atomic E-state index is 6.50. The fourth-order valence-electron chi connectivity index (χ4n) is 2.79. The molecular weight excluding hydrogens is 242 g/mol. The van der Waals surface area contributed by atoms with Crippen molar-refractivity contribution in [2.75, 3.05) is 0 Å². The number of rotatable bonds is 4. The van der Waals surface area contributed by atoms with E-state index in [2.05, 4.69) is 64.1 Å². The van der Waals surface area contributed by atoms with Gasteiger partial charge in [0.25, 0.3) is 0 Å². The van der Waals surface area contributed by atoms with Gasteiger partial charge in [-0.15, -0.1) is 0 Å². The molecule has 2 rings (SSSR count). The van der Waals surface area contributed by atoms with Crippen molar-refractivity contribution in [1.82, 2.24) is 0 Å². The lowest BCUT2D eigenvalue weighted by molar-refractivity contribution is 0.852. The normalized spacial score (nSPS) is 12.4.